The number of ketones is 1. The zero-order valence-electron chi connectivity index (χ0n) is 23.5. The van der Waals surface area contributed by atoms with Crippen molar-refractivity contribution in [1.29, 1.82) is 0 Å². The van der Waals surface area contributed by atoms with Gasteiger partial charge in [0.25, 0.3) is 5.91 Å². The van der Waals surface area contributed by atoms with Crippen LogP contribution in [0, 0.1) is 5.92 Å². The summed E-state index contributed by atoms with van der Waals surface area (Å²) in [7, 11) is 1.49. The number of ether oxygens (including phenoxy) is 1. The van der Waals surface area contributed by atoms with Crippen molar-refractivity contribution in [2.24, 2.45) is 5.92 Å². The van der Waals surface area contributed by atoms with Crippen LogP contribution in [0.1, 0.15) is 47.0 Å². The maximum Gasteiger partial charge on any atom is 0.259 e. The second-order valence-corrected chi connectivity index (χ2v) is 11.1. The molecular weight excluding hydrogens is 572 g/mol. The van der Waals surface area contributed by atoms with Crippen LogP contribution >= 0.6 is 11.6 Å². The summed E-state index contributed by atoms with van der Waals surface area (Å²) in [5.41, 5.74) is 1.56. The Labute approximate surface area is 252 Å². The fourth-order valence-electron chi connectivity index (χ4n) is 6.24. The topological polar surface area (TPSA) is 136 Å². The average Bonchev–Trinajstić information content (AvgIpc) is 3.71. The number of benzene rings is 2. The van der Waals surface area contributed by atoms with Crippen LogP contribution < -0.4 is 15.4 Å². The maximum atomic E-state index is 13.8. The van der Waals surface area contributed by atoms with Crippen LogP contribution in [0.3, 0.4) is 0 Å². The van der Waals surface area contributed by atoms with Crippen LogP contribution in [0.25, 0.3) is 10.9 Å². The molecule has 1 saturated carbocycles. The van der Waals surface area contributed by atoms with E-state index >= 15 is 0 Å². The number of aromatic nitrogens is 3. The number of methoxy groups -OCH3 is 1. The first-order valence-electron chi connectivity index (χ1n) is 13.9. The molecule has 1 aliphatic carbocycles. The van der Waals surface area contributed by atoms with Gasteiger partial charge in [-0.3, -0.25) is 23.9 Å². The molecule has 2 aromatic heterocycles. The SMILES string of the molecule is COc1ccccc1C(=O)Nc1ccc2c(c1)c(C(C)=O)nn2CC(=O)N1[C@@H]2CC[C@@H](C2)[C@H]1C(=O)Nc1cccc(Cl)n1. The summed E-state index contributed by atoms with van der Waals surface area (Å²) < 4.78 is 6.78. The molecule has 3 atom stereocenters. The van der Waals surface area contributed by atoms with Crippen molar-refractivity contribution in [1.82, 2.24) is 19.7 Å². The summed E-state index contributed by atoms with van der Waals surface area (Å²) in [6.45, 7) is 1.25. The smallest absolute Gasteiger partial charge is 0.259 e. The number of nitrogens with zero attached hydrogens (tertiary/aromatic N) is 4. The van der Waals surface area contributed by atoms with Gasteiger partial charge in [0.1, 0.15) is 35.0 Å². The minimum atomic E-state index is -0.641. The van der Waals surface area contributed by atoms with E-state index in [0.717, 1.165) is 19.3 Å². The highest BCUT2D eigenvalue weighted by molar-refractivity contribution is 6.29. The Morgan fingerprint density at radius 2 is 1.84 bits per heavy atom. The number of carbonyl (C=O) groups is 4. The summed E-state index contributed by atoms with van der Waals surface area (Å²) in [6, 6.07) is 16.2. The summed E-state index contributed by atoms with van der Waals surface area (Å²) in [6.07, 6.45) is 2.43. The summed E-state index contributed by atoms with van der Waals surface area (Å²) in [5.74, 6) is -0.417. The number of likely N-dealkylation sites (tertiary alicyclic amines) is 1. The molecule has 220 valence electrons. The molecule has 1 aliphatic heterocycles. The van der Waals surface area contributed by atoms with Gasteiger partial charge in [0.2, 0.25) is 11.8 Å². The first kappa shape index (κ1) is 28.4. The molecule has 2 N–H and O–H groups in total. The van der Waals surface area contributed by atoms with Crippen molar-refractivity contribution in [2.75, 3.05) is 17.7 Å². The van der Waals surface area contributed by atoms with Gasteiger partial charge in [-0.25, -0.2) is 4.98 Å². The van der Waals surface area contributed by atoms with Crippen LogP contribution in [-0.2, 0) is 16.1 Å². The highest BCUT2D eigenvalue weighted by Gasteiger charge is 2.51. The Morgan fingerprint density at radius 1 is 1.02 bits per heavy atom. The van der Waals surface area contributed by atoms with Gasteiger partial charge in [-0.1, -0.05) is 29.8 Å². The van der Waals surface area contributed by atoms with E-state index in [4.69, 9.17) is 16.3 Å². The number of carbonyl (C=O) groups excluding carboxylic acids is 4. The number of hydrogen-bond acceptors (Lipinski definition) is 7. The van der Waals surface area contributed by atoms with Gasteiger partial charge in [-0.05, 0) is 67.6 Å². The van der Waals surface area contributed by atoms with Gasteiger partial charge in [0, 0.05) is 24.0 Å². The third kappa shape index (κ3) is 5.43. The first-order chi connectivity index (χ1) is 20.7. The van der Waals surface area contributed by atoms with Gasteiger partial charge in [-0.2, -0.15) is 5.10 Å². The fourth-order valence-corrected chi connectivity index (χ4v) is 6.40. The van der Waals surface area contributed by atoms with Gasteiger partial charge in [-0.15, -0.1) is 0 Å². The zero-order chi connectivity index (χ0) is 30.2. The molecule has 3 amide bonds. The van der Waals surface area contributed by atoms with Crippen LogP contribution in [0.4, 0.5) is 11.5 Å². The molecular formula is C31H29ClN6O5. The molecule has 2 fully saturated rings. The van der Waals surface area contributed by atoms with Crippen molar-refractivity contribution in [2.45, 2.75) is 44.8 Å². The van der Waals surface area contributed by atoms with E-state index in [1.165, 1.54) is 18.7 Å². The lowest BCUT2D eigenvalue weighted by molar-refractivity contribution is -0.141. The number of para-hydroxylation sites is 1. The van der Waals surface area contributed by atoms with Crippen molar-refractivity contribution in [3.05, 3.63) is 77.1 Å². The van der Waals surface area contributed by atoms with Crippen LogP contribution in [-0.4, -0.2) is 62.4 Å². The van der Waals surface area contributed by atoms with E-state index < -0.39 is 6.04 Å². The molecule has 0 radical (unpaired) electrons. The van der Waals surface area contributed by atoms with Crippen molar-refractivity contribution < 1.29 is 23.9 Å². The fraction of sp³-hybridized carbons (Fsp3) is 0.290. The van der Waals surface area contributed by atoms with E-state index in [1.54, 1.807) is 65.6 Å². The van der Waals surface area contributed by atoms with E-state index in [9.17, 15) is 19.2 Å². The van der Waals surface area contributed by atoms with Crippen molar-refractivity contribution >= 4 is 57.5 Å². The lowest BCUT2D eigenvalue weighted by Crippen LogP contribution is -2.52. The molecule has 0 spiro atoms. The predicted molar refractivity (Wildman–Crippen MR) is 160 cm³/mol. The molecule has 12 heteroatoms. The Balaban J connectivity index is 1.25. The number of hydrogen-bond donors (Lipinski definition) is 2. The molecule has 2 bridgehead atoms. The van der Waals surface area contributed by atoms with E-state index in [0.29, 0.717) is 33.7 Å². The monoisotopic (exact) mass is 600 g/mol. The highest BCUT2D eigenvalue weighted by Crippen LogP contribution is 2.43. The van der Waals surface area contributed by atoms with Crippen molar-refractivity contribution in [3.8, 4) is 5.75 Å². The molecule has 3 heterocycles. The third-order valence-electron chi connectivity index (χ3n) is 8.09. The molecule has 1 saturated heterocycles. The molecule has 43 heavy (non-hydrogen) atoms. The van der Waals surface area contributed by atoms with Gasteiger partial charge >= 0.3 is 0 Å². The molecule has 0 unspecified atom stereocenters. The quantitative estimate of drug-likeness (QED) is 0.223. The van der Waals surface area contributed by atoms with Crippen LogP contribution in [0.15, 0.2) is 60.7 Å². The van der Waals surface area contributed by atoms with Crippen LogP contribution in [0.2, 0.25) is 5.15 Å². The third-order valence-corrected chi connectivity index (χ3v) is 8.30. The molecule has 6 rings (SSSR count). The molecule has 2 aromatic carbocycles. The number of halogens is 1. The Hall–Kier alpha value is -4.77. The number of piperidine rings is 1. The number of Topliss-reactive ketones (excluding diaryl/α,β-unsaturated/α-hetero) is 1. The minimum Gasteiger partial charge on any atom is -0.496 e. The molecule has 4 aromatic rings. The normalized spacial score (nSPS) is 19.0. The lowest BCUT2D eigenvalue weighted by atomic mass is 9.97. The van der Waals surface area contributed by atoms with Crippen molar-refractivity contribution in [3.63, 3.8) is 0 Å². The number of rotatable bonds is 8. The van der Waals surface area contributed by atoms with E-state index in [1.807, 2.05) is 0 Å². The first-order valence-corrected chi connectivity index (χ1v) is 14.3. The zero-order valence-corrected chi connectivity index (χ0v) is 24.3. The molecule has 2 aliphatic rings. The van der Waals surface area contributed by atoms with Gasteiger partial charge in [0.15, 0.2) is 5.78 Å². The van der Waals surface area contributed by atoms with Gasteiger partial charge in [0.05, 0.1) is 18.2 Å². The minimum absolute atomic E-state index is 0.0460. The second kappa shape index (κ2) is 11.5. The number of anilines is 2. The number of fused-ring (bicyclic) bond motifs is 3. The standard InChI is InChI=1S/C31H29ClN6O5/c1-17(39)28-22-15-19(33-30(41)21-6-3-4-7-24(21)43-2)11-13-23(22)37(36-28)16-27(40)38-20-12-10-18(14-20)29(38)31(42)35-26-9-5-8-25(32)34-26/h3-9,11,13,15,18,20,29H,10,12,14,16H2,1-2H3,(H,33,41)(H,34,35,42)/t18-,20+,29-/m0/s1. The highest BCUT2D eigenvalue weighted by atomic mass is 35.5. The average molecular weight is 601 g/mol. The van der Waals surface area contributed by atoms with Crippen LogP contribution in [0.5, 0.6) is 5.75 Å². The van der Waals surface area contributed by atoms with E-state index in [2.05, 4.69) is 20.7 Å². The van der Waals surface area contributed by atoms with Gasteiger partial charge < -0.3 is 20.3 Å². The predicted octanol–water partition coefficient (Wildman–Crippen LogP) is 4.57. The Morgan fingerprint density at radius 3 is 2.60 bits per heavy atom. The molecule has 11 nitrogen and oxygen atoms in total. The van der Waals surface area contributed by atoms with E-state index in [-0.39, 0.29) is 52.9 Å². The number of pyridine rings is 1. The lowest BCUT2D eigenvalue weighted by Gasteiger charge is -2.34. The largest absolute Gasteiger partial charge is 0.496 e. The second-order valence-electron chi connectivity index (χ2n) is 10.8. The Kier molecular flexibility index (Phi) is 7.57. The number of amides is 3. The summed E-state index contributed by atoms with van der Waals surface area (Å²) in [5, 5.41) is 10.9. The Bertz CT molecular complexity index is 1770. The number of nitrogens with one attached hydrogen (secondary N) is 2. The maximum absolute atomic E-state index is 13.8. The summed E-state index contributed by atoms with van der Waals surface area (Å²) in [4.78, 5) is 58.4. The summed E-state index contributed by atoms with van der Waals surface area (Å²) >= 11 is 5.98.